The summed E-state index contributed by atoms with van der Waals surface area (Å²) >= 11 is 6.06. The van der Waals surface area contributed by atoms with Gasteiger partial charge >= 0.3 is 0 Å². The predicted molar refractivity (Wildman–Crippen MR) is 558 cm³/mol. The van der Waals surface area contributed by atoms with E-state index in [9.17, 15) is 70.5 Å². The molecule has 5 amide bonds. The third kappa shape index (κ3) is 36.1. The highest BCUT2D eigenvalue weighted by Gasteiger charge is 2.38. The molecule has 0 spiro atoms. The Kier molecular flexibility index (Phi) is 44.0. The summed E-state index contributed by atoms with van der Waals surface area (Å²) in [6.07, 6.45) is 18.0. The van der Waals surface area contributed by atoms with Gasteiger partial charge in [-0.05, 0) is 339 Å². The first kappa shape index (κ1) is 116. The molecule has 8 fully saturated rings. The summed E-state index contributed by atoms with van der Waals surface area (Å²) in [5, 5.41) is 12.8. The quantitative estimate of drug-likeness (QED) is 0.0204. The molecule has 8 aliphatic rings. The number of morpholine rings is 1. The number of carbonyl (C=O) groups is 5. The number of nitrogens with one attached hydrogen (secondary N) is 10. The number of amides is 5. The van der Waals surface area contributed by atoms with Gasteiger partial charge in [0.1, 0.15) is 11.6 Å². The maximum atomic E-state index is 13.7. The van der Waals surface area contributed by atoms with Crippen LogP contribution in [-0.4, -0.2) is 199 Å². The fourth-order valence-electron chi connectivity index (χ4n) is 19.2. The number of methoxy groups -OCH3 is 2. The lowest BCUT2D eigenvalue weighted by atomic mass is 9.86. The summed E-state index contributed by atoms with van der Waals surface area (Å²) in [7, 11) is -13.5. The Labute approximate surface area is 838 Å². The van der Waals surface area contributed by atoms with Crippen LogP contribution < -0.4 is 74.4 Å². The van der Waals surface area contributed by atoms with E-state index in [-0.39, 0.29) is 107 Å². The minimum Gasteiger partial charge on any atom is -0.495 e. The van der Waals surface area contributed by atoms with Crippen molar-refractivity contribution in [1.29, 1.82) is 0 Å². The minimum atomic E-state index is -3.30. The fraction of sp³-hybridized carbons (Fsp3) is 0.663. The topological polar surface area (TPSA) is 427 Å². The Morgan fingerprint density at radius 1 is 0.343 bits per heavy atom. The van der Waals surface area contributed by atoms with Crippen LogP contribution in [0.5, 0.6) is 11.5 Å². The van der Waals surface area contributed by atoms with Crippen molar-refractivity contribution in [3.63, 3.8) is 0 Å². The Bertz CT molecular complexity index is 4940. The zero-order valence-electron chi connectivity index (χ0n) is 85.2. The second-order valence-corrected chi connectivity index (χ2v) is 53.1. The number of hydrogen-bond acceptors (Lipinski definition) is 22. The number of benzene rings is 4. The van der Waals surface area contributed by atoms with Crippen molar-refractivity contribution in [3.8, 4) is 11.5 Å². The number of aromatic nitrogens is 1. The van der Waals surface area contributed by atoms with E-state index >= 15 is 0 Å². The van der Waals surface area contributed by atoms with Crippen LogP contribution in [0.4, 0.5) is 50.0 Å². The lowest BCUT2D eigenvalue weighted by molar-refractivity contribution is -0.121. The van der Waals surface area contributed by atoms with Crippen LogP contribution in [-0.2, 0) is 78.8 Å². The third-order valence-electron chi connectivity index (χ3n) is 27.6. The number of anilines is 8. The van der Waals surface area contributed by atoms with Crippen molar-refractivity contribution in [2.45, 2.75) is 321 Å². The van der Waals surface area contributed by atoms with Gasteiger partial charge in [-0.15, -0.1) is 0 Å². The van der Waals surface area contributed by atoms with Crippen molar-refractivity contribution in [2.24, 2.45) is 53.3 Å². The van der Waals surface area contributed by atoms with Crippen molar-refractivity contribution in [1.82, 2.24) is 28.6 Å². The number of sulfonamides is 5. The van der Waals surface area contributed by atoms with Gasteiger partial charge in [0.2, 0.25) is 79.7 Å². The smallest absolute Gasteiger partial charge is 0.227 e. The molecule has 5 saturated carbocycles. The molecule has 140 heavy (non-hydrogen) atoms. The second-order valence-electron chi connectivity index (χ2n) is 41.3. The molecular formula is C101H158ClFN14O18S5. The maximum absolute atomic E-state index is 13.7. The van der Waals surface area contributed by atoms with E-state index in [0.29, 0.717) is 180 Å². The summed E-state index contributed by atoms with van der Waals surface area (Å²) in [5.41, 5.74) is 5.76. The highest BCUT2D eigenvalue weighted by molar-refractivity contribution is 7.91. The molecule has 32 nitrogen and oxygen atoms in total. The molecule has 6 atom stereocenters. The molecule has 0 unspecified atom stereocenters. The monoisotopic (exact) mass is 2070 g/mol. The summed E-state index contributed by atoms with van der Waals surface area (Å²) in [5.74, 6) is 3.08. The number of ether oxygens (including phenoxy) is 3. The number of pyridine rings is 1. The molecule has 4 aromatic carbocycles. The molecule has 5 aliphatic carbocycles. The highest BCUT2D eigenvalue weighted by atomic mass is 35.5. The highest BCUT2D eigenvalue weighted by Crippen LogP contribution is 2.37. The number of piperidine rings is 2. The molecule has 3 aliphatic heterocycles. The summed E-state index contributed by atoms with van der Waals surface area (Å²) in [6, 6.07) is 29.1. The zero-order valence-corrected chi connectivity index (χ0v) is 90.0. The number of halogens is 2. The molecule has 13 rings (SSSR count). The zero-order chi connectivity index (χ0) is 103. The lowest BCUT2D eigenvalue weighted by Crippen LogP contribution is -2.45. The third-order valence-corrected chi connectivity index (χ3v) is 37.4. The number of nitrogens with zero attached hydrogens (tertiary/aromatic N) is 4. The van der Waals surface area contributed by atoms with Gasteiger partial charge in [0.25, 0.3) is 0 Å². The van der Waals surface area contributed by atoms with Crippen LogP contribution in [0.15, 0.2) is 103 Å². The van der Waals surface area contributed by atoms with Crippen molar-refractivity contribution in [2.75, 3.05) is 94.8 Å². The Morgan fingerprint density at radius 2 is 0.593 bits per heavy atom. The van der Waals surface area contributed by atoms with Crippen LogP contribution >= 0.6 is 11.6 Å². The van der Waals surface area contributed by atoms with Crippen LogP contribution in [0, 0.1) is 59.1 Å². The molecule has 0 radical (unpaired) electrons. The number of carbonyl (C=O) groups excluding carboxylic acids is 5. The first-order valence-corrected chi connectivity index (χ1v) is 58.3. The van der Waals surface area contributed by atoms with E-state index in [1.807, 2.05) is 36.4 Å². The summed E-state index contributed by atoms with van der Waals surface area (Å²) in [4.78, 5) is 74.3. The Hall–Kier alpha value is -7.89. The van der Waals surface area contributed by atoms with Crippen LogP contribution in [0.25, 0.3) is 0 Å². The standard InChI is InChI=1S/2C23H37N3O3S.C21H34N4O4S.C17H25ClN2O4S.C17H25FN2O4S/c2*1-16(2)30(28,29)25-21-7-5-19(6-8-21)23(27)24-20-9-11-22(12-10-20)26-14-17(3)13-18(4)15-26;1-14(2)30(27,28)24-18-7-5-17(6-8-18)21(26)23-19-9-10-20(22-11-19)25-12-15(3)29-16(4)13-25;2*1-11(2)25(22,23)20-13-6-4-12(5-7-13)17(21)19-14-8-9-16(24-3)15(18)10-14/h2*9-12,16-19,21,25H,5-8,13-15H2,1-4H3,(H,24,27);9-11,14-18,24H,5-8,12-13H2,1-4H3,(H,23,26);2*8-13,20H,4-7H2,1-3H3,(H,19,21)/t17-,18+,19?,21?;17-,18-,19?,21?;15-,16+,17?,18?;;/m.1.../s1. The SMILES string of the molecule is CC(C)S(=O)(=O)NC1CCC(C(=O)Nc2ccc(N3C[C@@H](C)O[C@@H](C)C3)nc2)CC1.CC(C)S(=O)(=O)NC1CCC(C(=O)Nc2ccc(N3C[C@H](C)C[C@@H](C)C3)cc2)CC1.CC(C)S(=O)(=O)NC1CCC(C(=O)Nc2ccc(N3C[C@H](C)C[C@H](C)C3)cc2)CC1.COc1ccc(NC(=O)C2CCC(NS(=O)(=O)C(C)C)CC2)cc1Cl.COc1ccc(NC(=O)C2CCC(NS(=O)(=O)C(C)C)CC2)cc1F. The van der Waals surface area contributed by atoms with E-state index in [2.05, 4.69) is 136 Å². The second kappa shape index (κ2) is 53.3. The van der Waals surface area contributed by atoms with E-state index in [0.717, 1.165) is 56.5 Å². The number of hydrogen-bond donors (Lipinski definition) is 10. The van der Waals surface area contributed by atoms with Gasteiger partial charge in [0, 0.05) is 139 Å². The molecular weight excluding hydrogens is 1910 g/mol. The van der Waals surface area contributed by atoms with E-state index in [1.54, 1.807) is 99.7 Å². The van der Waals surface area contributed by atoms with Gasteiger partial charge in [-0.2, -0.15) is 0 Å². The van der Waals surface area contributed by atoms with Crippen molar-refractivity contribution in [3.05, 3.63) is 114 Å². The van der Waals surface area contributed by atoms with Gasteiger partial charge in [-0.25, -0.2) is 75.1 Å². The molecule has 784 valence electrons. The lowest BCUT2D eigenvalue weighted by Gasteiger charge is -2.36. The average Bonchev–Trinajstić information content (AvgIpc) is 0.832. The van der Waals surface area contributed by atoms with Crippen LogP contribution in [0.2, 0.25) is 5.02 Å². The molecule has 5 aromatic rings. The minimum absolute atomic E-state index is 0.0247. The molecule has 1 aromatic heterocycles. The fourth-order valence-corrected chi connectivity index (χ4v) is 24.3. The van der Waals surface area contributed by atoms with Gasteiger partial charge in [0.15, 0.2) is 11.6 Å². The Morgan fingerprint density at radius 3 is 0.843 bits per heavy atom. The largest absolute Gasteiger partial charge is 0.495 e. The van der Waals surface area contributed by atoms with E-state index in [1.165, 1.54) is 50.6 Å². The predicted octanol–water partition coefficient (Wildman–Crippen LogP) is 16.3. The van der Waals surface area contributed by atoms with Gasteiger partial charge in [-0.3, -0.25) is 24.0 Å². The molecule has 3 saturated heterocycles. The maximum Gasteiger partial charge on any atom is 0.227 e. The molecule has 0 bridgehead atoms. The van der Waals surface area contributed by atoms with Gasteiger partial charge < -0.3 is 55.5 Å². The van der Waals surface area contributed by atoms with Gasteiger partial charge in [0.05, 0.1) is 69.6 Å². The Balaban J connectivity index is 0.000000196. The number of rotatable bonds is 30. The van der Waals surface area contributed by atoms with Crippen molar-refractivity contribution >= 4 is 137 Å². The molecule has 4 heterocycles. The normalized spacial score (nSPS) is 25.4. The van der Waals surface area contributed by atoms with Gasteiger partial charge in [-0.1, -0.05) is 39.3 Å². The average molecular weight is 2070 g/mol. The first-order chi connectivity index (χ1) is 65.9. The van der Waals surface area contributed by atoms with Crippen LogP contribution in [0.3, 0.4) is 0 Å². The van der Waals surface area contributed by atoms with Crippen molar-refractivity contribution < 1.29 is 84.7 Å². The first-order valence-electron chi connectivity index (χ1n) is 50.2. The molecule has 10 N–H and O–H groups in total. The van der Waals surface area contributed by atoms with E-state index < -0.39 is 82.2 Å². The molecule has 39 heteroatoms. The summed E-state index contributed by atoms with van der Waals surface area (Å²) in [6.45, 7) is 35.9. The van der Waals surface area contributed by atoms with Crippen LogP contribution in [0.1, 0.15) is 252 Å². The van der Waals surface area contributed by atoms with E-state index in [4.69, 9.17) is 25.8 Å². The summed E-state index contributed by atoms with van der Waals surface area (Å²) < 4.78 is 163.